The number of nitrogens with one attached hydrogen (secondary N) is 1. The molecule has 3 aromatic carbocycles. The number of carboxylic acids is 1. The Balaban J connectivity index is 1.55. The Morgan fingerprint density at radius 3 is 2.27 bits per heavy atom. The first-order valence-corrected chi connectivity index (χ1v) is 10.3. The molecule has 1 unspecified atom stereocenters. The highest BCUT2D eigenvalue weighted by Crippen LogP contribution is 2.30. The normalized spacial score (nSPS) is 12.6. The molecule has 1 amide bonds. The van der Waals surface area contributed by atoms with E-state index < -0.39 is 29.6 Å². The summed E-state index contributed by atoms with van der Waals surface area (Å²) >= 11 is 0. The van der Waals surface area contributed by atoms with Gasteiger partial charge in [0.15, 0.2) is 12.1 Å². The van der Waals surface area contributed by atoms with E-state index in [0.717, 1.165) is 16.5 Å². The van der Waals surface area contributed by atoms with E-state index in [1.165, 1.54) is 13.0 Å². The molecule has 33 heavy (non-hydrogen) atoms. The van der Waals surface area contributed by atoms with E-state index in [1.54, 1.807) is 48.5 Å². The van der Waals surface area contributed by atoms with Crippen LogP contribution < -0.4 is 15.7 Å². The minimum Gasteiger partial charge on any atom is -0.481 e. The van der Waals surface area contributed by atoms with Gasteiger partial charge in [-0.25, -0.2) is 9.59 Å². The van der Waals surface area contributed by atoms with Crippen LogP contribution in [0.15, 0.2) is 94.1 Å². The first-order chi connectivity index (χ1) is 15.9. The van der Waals surface area contributed by atoms with Crippen LogP contribution in [0.1, 0.15) is 18.5 Å². The number of ether oxygens (including phenoxy) is 1. The van der Waals surface area contributed by atoms with Crippen molar-refractivity contribution in [3.8, 4) is 16.9 Å². The lowest BCUT2D eigenvalue weighted by molar-refractivity contribution is -0.143. The zero-order valence-electron chi connectivity index (χ0n) is 17.7. The third-order valence-electron chi connectivity index (χ3n) is 5.15. The molecule has 166 valence electrons. The number of hydrogen-bond donors (Lipinski definition) is 2. The van der Waals surface area contributed by atoms with Gasteiger partial charge in [-0.05, 0) is 35.7 Å². The molecule has 0 aliphatic rings. The summed E-state index contributed by atoms with van der Waals surface area (Å²) in [6.45, 7) is 1.51. The topological polar surface area (TPSA) is 106 Å². The molecule has 0 spiro atoms. The first kappa shape index (κ1) is 21.8. The molecule has 7 heteroatoms. The molecule has 2 atom stereocenters. The summed E-state index contributed by atoms with van der Waals surface area (Å²) in [5.41, 5.74) is 1.87. The predicted molar refractivity (Wildman–Crippen MR) is 123 cm³/mol. The van der Waals surface area contributed by atoms with Crippen LogP contribution in [-0.2, 0) is 9.59 Å². The highest BCUT2D eigenvalue weighted by Gasteiger charge is 2.25. The van der Waals surface area contributed by atoms with Crippen LogP contribution in [0.3, 0.4) is 0 Å². The van der Waals surface area contributed by atoms with Crippen LogP contribution in [0.25, 0.3) is 22.1 Å². The molecular formula is C26H21NO6. The fourth-order valence-corrected chi connectivity index (χ4v) is 3.52. The zero-order valence-corrected chi connectivity index (χ0v) is 17.7. The average molecular weight is 443 g/mol. The molecular weight excluding hydrogens is 422 g/mol. The van der Waals surface area contributed by atoms with Gasteiger partial charge >= 0.3 is 11.6 Å². The van der Waals surface area contributed by atoms with Crippen molar-refractivity contribution in [2.24, 2.45) is 0 Å². The standard InChI is InChI=1S/C26H21NO6/c1-16(25(29)27-24(26(30)31)18-10-6-3-7-11-18)32-19-12-13-20-21(17-8-4-2-5-9-17)15-23(28)33-22(20)14-19/h2-16,24H,1H3,(H,27,29)(H,30,31)/t16?,24-/m0/s1. The summed E-state index contributed by atoms with van der Waals surface area (Å²) in [4.78, 5) is 36.4. The Morgan fingerprint density at radius 2 is 1.61 bits per heavy atom. The lowest BCUT2D eigenvalue weighted by Crippen LogP contribution is -2.41. The molecule has 2 N–H and O–H groups in total. The molecule has 0 fully saturated rings. The van der Waals surface area contributed by atoms with Crippen LogP contribution in [0.5, 0.6) is 5.75 Å². The maximum atomic E-state index is 12.6. The van der Waals surface area contributed by atoms with Gasteiger partial charge in [0.25, 0.3) is 5.91 Å². The SMILES string of the molecule is CC(Oc1ccc2c(-c3ccccc3)cc(=O)oc2c1)C(=O)N[C@H](C(=O)O)c1ccccc1. The summed E-state index contributed by atoms with van der Waals surface area (Å²) in [5, 5.41) is 12.7. The quantitative estimate of drug-likeness (QED) is 0.415. The van der Waals surface area contributed by atoms with Crippen molar-refractivity contribution in [1.29, 1.82) is 0 Å². The van der Waals surface area contributed by atoms with Crippen molar-refractivity contribution in [3.63, 3.8) is 0 Å². The summed E-state index contributed by atoms with van der Waals surface area (Å²) < 4.78 is 11.1. The Morgan fingerprint density at radius 1 is 0.939 bits per heavy atom. The van der Waals surface area contributed by atoms with E-state index >= 15 is 0 Å². The number of carbonyl (C=O) groups excluding carboxylic acids is 1. The van der Waals surface area contributed by atoms with Crippen molar-refractivity contribution in [1.82, 2.24) is 5.32 Å². The number of benzene rings is 3. The highest BCUT2D eigenvalue weighted by atomic mass is 16.5. The van der Waals surface area contributed by atoms with E-state index in [2.05, 4.69) is 5.32 Å². The maximum Gasteiger partial charge on any atom is 0.336 e. The van der Waals surface area contributed by atoms with Gasteiger partial charge in [-0.2, -0.15) is 0 Å². The van der Waals surface area contributed by atoms with Crippen molar-refractivity contribution < 1.29 is 23.8 Å². The van der Waals surface area contributed by atoms with E-state index in [-0.39, 0.29) is 0 Å². The number of carbonyl (C=O) groups is 2. The number of amides is 1. The van der Waals surface area contributed by atoms with Crippen LogP contribution in [0, 0.1) is 0 Å². The Hall–Kier alpha value is -4.39. The van der Waals surface area contributed by atoms with E-state index in [1.807, 2.05) is 30.3 Å². The fourth-order valence-electron chi connectivity index (χ4n) is 3.52. The van der Waals surface area contributed by atoms with E-state index in [4.69, 9.17) is 9.15 Å². The van der Waals surface area contributed by atoms with Gasteiger partial charge in [0.05, 0.1) is 0 Å². The van der Waals surface area contributed by atoms with Crippen LogP contribution in [0.2, 0.25) is 0 Å². The lowest BCUT2D eigenvalue weighted by atomic mass is 10.0. The monoisotopic (exact) mass is 443 g/mol. The Kier molecular flexibility index (Phi) is 6.22. The lowest BCUT2D eigenvalue weighted by Gasteiger charge is -2.19. The smallest absolute Gasteiger partial charge is 0.336 e. The molecule has 0 bridgehead atoms. The second-order valence-electron chi connectivity index (χ2n) is 7.45. The third-order valence-corrected chi connectivity index (χ3v) is 5.15. The van der Waals surface area contributed by atoms with Crippen molar-refractivity contribution in [2.75, 3.05) is 0 Å². The molecule has 4 aromatic rings. The van der Waals surface area contributed by atoms with Gasteiger partial charge < -0.3 is 19.6 Å². The predicted octanol–water partition coefficient (Wildman–Crippen LogP) is 4.17. The summed E-state index contributed by atoms with van der Waals surface area (Å²) in [5.74, 6) is -1.46. The zero-order chi connectivity index (χ0) is 23.4. The molecule has 0 radical (unpaired) electrons. The summed E-state index contributed by atoms with van der Waals surface area (Å²) in [6, 6.07) is 23.1. The van der Waals surface area contributed by atoms with Gasteiger partial charge in [0.2, 0.25) is 0 Å². The number of carboxylic acid groups (broad SMARTS) is 1. The summed E-state index contributed by atoms with van der Waals surface area (Å²) in [6.07, 6.45) is -0.989. The van der Waals surface area contributed by atoms with Crippen molar-refractivity contribution >= 4 is 22.8 Å². The minimum atomic E-state index is -1.20. The number of rotatable bonds is 7. The van der Waals surface area contributed by atoms with Crippen molar-refractivity contribution in [3.05, 3.63) is 101 Å². The average Bonchev–Trinajstić information content (AvgIpc) is 2.82. The van der Waals surface area contributed by atoms with E-state index in [9.17, 15) is 19.5 Å². The Labute approximate surface area is 189 Å². The number of hydrogen-bond acceptors (Lipinski definition) is 5. The largest absolute Gasteiger partial charge is 0.481 e. The first-order valence-electron chi connectivity index (χ1n) is 10.3. The minimum absolute atomic E-state index is 0.310. The maximum absolute atomic E-state index is 12.6. The van der Waals surface area contributed by atoms with Crippen LogP contribution in [0.4, 0.5) is 0 Å². The van der Waals surface area contributed by atoms with Gasteiger partial charge in [-0.3, -0.25) is 4.79 Å². The fraction of sp³-hybridized carbons (Fsp3) is 0.115. The molecule has 1 aromatic heterocycles. The van der Waals surface area contributed by atoms with Crippen LogP contribution in [-0.4, -0.2) is 23.1 Å². The molecule has 4 rings (SSSR count). The molecule has 0 aliphatic heterocycles. The van der Waals surface area contributed by atoms with Gasteiger partial charge in [0, 0.05) is 17.5 Å². The summed E-state index contributed by atoms with van der Waals surface area (Å²) in [7, 11) is 0. The molecule has 7 nitrogen and oxygen atoms in total. The highest BCUT2D eigenvalue weighted by molar-refractivity contribution is 5.94. The Bertz CT molecular complexity index is 1350. The van der Waals surface area contributed by atoms with Gasteiger partial charge in [0.1, 0.15) is 11.3 Å². The second-order valence-corrected chi connectivity index (χ2v) is 7.45. The second kappa shape index (κ2) is 9.40. The molecule has 0 saturated heterocycles. The third kappa shape index (κ3) is 4.93. The van der Waals surface area contributed by atoms with Gasteiger partial charge in [-0.1, -0.05) is 60.7 Å². The molecule has 0 saturated carbocycles. The van der Waals surface area contributed by atoms with Crippen LogP contribution >= 0.6 is 0 Å². The van der Waals surface area contributed by atoms with E-state index in [0.29, 0.717) is 16.9 Å². The number of aliphatic carboxylic acids is 1. The van der Waals surface area contributed by atoms with Gasteiger partial charge in [-0.15, -0.1) is 0 Å². The van der Waals surface area contributed by atoms with Crippen molar-refractivity contribution in [2.45, 2.75) is 19.1 Å². The molecule has 1 heterocycles. The molecule has 0 aliphatic carbocycles. The number of fused-ring (bicyclic) bond motifs is 1.